The summed E-state index contributed by atoms with van der Waals surface area (Å²) in [5, 5.41) is 0. The highest BCUT2D eigenvalue weighted by Crippen LogP contribution is 2.30. The lowest BCUT2D eigenvalue weighted by Gasteiger charge is -2.34. The zero-order valence-corrected chi connectivity index (χ0v) is 16.2. The molecule has 0 aliphatic rings. The van der Waals surface area contributed by atoms with Gasteiger partial charge in [0.25, 0.3) is 5.91 Å². The van der Waals surface area contributed by atoms with Crippen LogP contribution in [-0.2, 0) is 9.53 Å². The van der Waals surface area contributed by atoms with Gasteiger partial charge in [-0.1, -0.05) is 42.8 Å². The van der Waals surface area contributed by atoms with Crippen LogP contribution in [-0.4, -0.2) is 24.5 Å². The second kappa shape index (κ2) is 10.6. The molecule has 1 rings (SSSR count). The normalized spacial score (nSPS) is 13.8. The molecular weight excluding hydrogens is 328 g/mol. The molecule has 0 bridgehead atoms. The first-order valence-corrected chi connectivity index (χ1v) is 8.88. The molecule has 142 valence electrons. The number of nitrogens with one attached hydrogen (secondary N) is 2. The molecule has 2 N–H and O–H groups in total. The van der Waals surface area contributed by atoms with Gasteiger partial charge in [-0.15, -0.1) is 6.58 Å². The van der Waals surface area contributed by atoms with E-state index in [0.29, 0.717) is 12.0 Å². The van der Waals surface area contributed by atoms with E-state index < -0.39 is 17.4 Å². The zero-order valence-electron chi connectivity index (χ0n) is 16.2. The van der Waals surface area contributed by atoms with E-state index in [4.69, 9.17) is 4.74 Å². The van der Waals surface area contributed by atoms with Crippen LogP contribution >= 0.6 is 0 Å². The summed E-state index contributed by atoms with van der Waals surface area (Å²) >= 11 is 0. The molecular formula is C21H30N2O3. The molecule has 1 aromatic rings. The predicted molar refractivity (Wildman–Crippen MR) is 104 cm³/mol. The molecule has 0 fully saturated rings. The molecule has 0 aromatic heterocycles. The molecule has 0 heterocycles. The summed E-state index contributed by atoms with van der Waals surface area (Å²) in [6.07, 6.45) is 5.36. The minimum atomic E-state index is -0.738. The van der Waals surface area contributed by atoms with E-state index in [1.165, 1.54) is 5.57 Å². The number of hydrogen-bond donors (Lipinski definition) is 2. The lowest BCUT2D eigenvalue weighted by Crippen LogP contribution is -2.55. The number of rotatable bonds is 10. The summed E-state index contributed by atoms with van der Waals surface area (Å²) in [7, 11) is 0. The van der Waals surface area contributed by atoms with Gasteiger partial charge in [-0.05, 0) is 45.7 Å². The van der Waals surface area contributed by atoms with Gasteiger partial charge in [-0.3, -0.25) is 15.0 Å². The van der Waals surface area contributed by atoms with Crippen LogP contribution < -0.4 is 10.9 Å². The Hall–Kier alpha value is -2.40. The summed E-state index contributed by atoms with van der Waals surface area (Å²) in [5.41, 5.74) is 6.63. The van der Waals surface area contributed by atoms with E-state index >= 15 is 0 Å². The van der Waals surface area contributed by atoms with E-state index in [1.54, 1.807) is 37.3 Å². The van der Waals surface area contributed by atoms with Crippen LogP contribution in [0.1, 0.15) is 50.9 Å². The average Bonchev–Trinajstić information content (AvgIpc) is 2.62. The summed E-state index contributed by atoms with van der Waals surface area (Å²) < 4.78 is 5.20. The lowest BCUT2D eigenvalue weighted by molar-refractivity contribution is -0.148. The molecule has 0 saturated carbocycles. The van der Waals surface area contributed by atoms with Crippen LogP contribution in [0.2, 0.25) is 0 Å². The first-order valence-electron chi connectivity index (χ1n) is 8.88. The van der Waals surface area contributed by atoms with Crippen LogP contribution in [0.5, 0.6) is 0 Å². The van der Waals surface area contributed by atoms with E-state index in [9.17, 15) is 9.59 Å². The van der Waals surface area contributed by atoms with Crippen molar-refractivity contribution >= 4 is 11.9 Å². The summed E-state index contributed by atoms with van der Waals surface area (Å²) in [4.78, 5) is 24.8. The van der Waals surface area contributed by atoms with Gasteiger partial charge in [-0.25, -0.2) is 5.43 Å². The second-order valence-corrected chi connectivity index (χ2v) is 6.68. The Morgan fingerprint density at radius 1 is 1.27 bits per heavy atom. The minimum Gasteiger partial charge on any atom is -0.465 e. The molecule has 0 radical (unpaired) electrons. The highest BCUT2D eigenvalue weighted by molar-refractivity contribution is 5.94. The average molecular weight is 358 g/mol. The third-order valence-corrected chi connectivity index (χ3v) is 4.25. The molecule has 0 spiro atoms. The molecule has 1 amide bonds. The SMILES string of the molecule is C=C[C@](C)(CCC=C(C)C)[C@@H](NNC(=O)c1ccccc1)C(=O)OCC. The maximum atomic E-state index is 12.5. The topological polar surface area (TPSA) is 67.4 Å². The van der Waals surface area contributed by atoms with E-state index in [0.717, 1.165) is 6.42 Å². The Kier molecular flexibility index (Phi) is 8.79. The number of amides is 1. The Balaban J connectivity index is 2.91. The first kappa shape index (κ1) is 21.6. The Morgan fingerprint density at radius 3 is 2.46 bits per heavy atom. The summed E-state index contributed by atoms with van der Waals surface area (Å²) in [6.45, 7) is 11.9. The van der Waals surface area contributed by atoms with Crippen LogP contribution in [0.15, 0.2) is 54.6 Å². The smallest absolute Gasteiger partial charge is 0.325 e. The van der Waals surface area contributed by atoms with Gasteiger partial charge in [0.1, 0.15) is 6.04 Å². The zero-order chi connectivity index (χ0) is 19.6. The van der Waals surface area contributed by atoms with Crippen molar-refractivity contribution in [2.24, 2.45) is 5.41 Å². The number of carbonyl (C=O) groups excluding carboxylic acids is 2. The van der Waals surface area contributed by atoms with E-state index in [1.807, 2.05) is 26.8 Å². The van der Waals surface area contributed by atoms with Crippen LogP contribution in [0.25, 0.3) is 0 Å². The predicted octanol–water partition coefficient (Wildman–Crippen LogP) is 3.79. The van der Waals surface area contributed by atoms with Crippen molar-refractivity contribution in [1.29, 1.82) is 0 Å². The molecule has 0 unspecified atom stereocenters. The number of carbonyl (C=O) groups is 2. The maximum absolute atomic E-state index is 12.5. The fourth-order valence-electron chi connectivity index (χ4n) is 2.55. The highest BCUT2D eigenvalue weighted by atomic mass is 16.5. The monoisotopic (exact) mass is 358 g/mol. The van der Waals surface area contributed by atoms with E-state index in [-0.39, 0.29) is 12.5 Å². The molecule has 5 nitrogen and oxygen atoms in total. The van der Waals surface area contributed by atoms with Gasteiger partial charge in [0.15, 0.2) is 0 Å². The second-order valence-electron chi connectivity index (χ2n) is 6.68. The van der Waals surface area contributed by atoms with Crippen molar-refractivity contribution in [2.45, 2.75) is 46.6 Å². The number of ether oxygens (including phenoxy) is 1. The Morgan fingerprint density at radius 2 is 1.92 bits per heavy atom. The fraction of sp³-hybridized carbons (Fsp3) is 0.429. The Labute approximate surface area is 156 Å². The third kappa shape index (κ3) is 6.48. The largest absolute Gasteiger partial charge is 0.465 e. The summed E-state index contributed by atoms with van der Waals surface area (Å²) in [6, 6.07) is 8.08. The number of esters is 1. The standard InChI is InChI=1S/C21H30N2O3/c1-6-21(5,15-11-12-16(3)4)18(20(25)26-7-2)22-23-19(24)17-13-9-8-10-14-17/h6,8-10,12-14,18,22H,1,7,11,15H2,2-5H3,(H,23,24)/t18-,21+/m0/s1. The minimum absolute atomic E-state index is 0.269. The van der Waals surface area contributed by atoms with Crippen LogP contribution in [0, 0.1) is 5.41 Å². The van der Waals surface area contributed by atoms with E-state index in [2.05, 4.69) is 23.5 Å². The van der Waals surface area contributed by atoms with Gasteiger partial charge >= 0.3 is 5.97 Å². The van der Waals surface area contributed by atoms with Crippen molar-refractivity contribution < 1.29 is 14.3 Å². The third-order valence-electron chi connectivity index (χ3n) is 4.25. The van der Waals surface area contributed by atoms with Crippen molar-refractivity contribution in [3.05, 3.63) is 60.2 Å². The summed E-state index contributed by atoms with van der Waals surface area (Å²) in [5.74, 6) is -0.726. The molecule has 0 aliphatic carbocycles. The molecule has 2 atom stereocenters. The molecule has 26 heavy (non-hydrogen) atoms. The molecule has 0 saturated heterocycles. The Bertz CT molecular complexity index is 636. The van der Waals surface area contributed by atoms with Gasteiger partial charge in [0.2, 0.25) is 0 Å². The van der Waals surface area contributed by atoms with Gasteiger partial charge < -0.3 is 4.74 Å². The lowest BCUT2D eigenvalue weighted by atomic mass is 9.78. The molecule has 1 aromatic carbocycles. The van der Waals surface area contributed by atoms with Gasteiger partial charge in [0, 0.05) is 11.0 Å². The van der Waals surface area contributed by atoms with Crippen LogP contribution in [0.3, 0.4) is 0 Å². The maximum Gasteiger partial charge on any atom is 0.325 e. The molecule has 5 heteroatoms. The van der Waals surface area contributed by atoms with Crippen molar-refractivity contribution in [1.82, 2.24) is 10.9 Å². The van der Waals surface area contributed by atoms with Crippen molar-refractivity contribution in [2.75, 3.05) is 6.61 Å². The fourth-order valence-corrected chi connectivity index (χ4v) is 2.55. The van der Waals surface area contributed by atoms with Gasteiger partial charge in [0.05, 0.1) is 6.61 Å². The van der Waals surface area contributed by atoms with Crippen molar-refractivity contribution in [3.63, 3.8) is 0 Å². The van der Waals surface area contributed by atoms with Gasteiger partial charge in [-0.2, -0.15) is 0 Å². The first-order chi connectivity index (χ1) is 12.3. The number of hydrazine groups is 1. The highest BCUT2D eigenvalue weighted by Gasteiger charge is 2.37. The molecule has 0 aliphatic heterocycles. The van der Waals surface area contributed by atoms with Crippen molar-refractivity contribution in [3.8, 4) is 0 Å². The quantitative estimate of drug-likeness (QED) is 0.379. The number of hydrogen-bond acceptors (Lipinski definition) is 4. The number of benzene rings is 1. The number of allylic oxidation sites excluding steroid dienone is 2. The van der Waals surface area contributed by atoms with Crippen LogP contribution in [0.4, 0.5) is 0 Å².